The number of hydrogen-bond donors (Lipinski definition) is 0. The molecule has 2 aromatic rings. The van der Waals surface area contributed by atoms with Crippen molar-refractivity contribution in [1.29, 1.82) is 0 Å². The van der Waals surface area contributed by atoms with E-state index < -0.39 is 6.40 Å². The summed E-state index contributed by atoms with van der Waals surface area (Å²) >= 11 is 0. The van der Waals surface area contributed by atoms with Crippen LogP contribution >= 0.6 is 0 Å². The molecule has 0 radical (unpaired) electrons. The molecule has 0 aliphatic carbocycles. The molecule has 0 spiro atoms. The van der Waals surface area contributed by atoms with E-state index in [0.29, 0.717) is 0 Å². The van der Waals surface area contributed by atoms with Crippen molar-refractivity contribution in [1.82, 2.24) is 0 Å². The Labute approximate surface area is 75.7 Å². The van der Waals surface area contributed by atoms with Gasteiger partial charge in [0.05, 0.1) is 0 Å². The second-order valence-electron chi connectivity index (χ2n) is 2.81. The summed E-state index contributed by atoms with van der Waals surface area (Å²) in [7, 11) is 0. The second kappa shape index (κ2) is 2.98. The average molecular weight is 158 g/mol. The minimum atomic E-state index is -0.417. The highest BCUT2D eigenvalue weighted by molar-refractivity contribution is 5.82. The first kappa shape index (κ1) is 5.36. The maximum atomic E-state index is 7.65. The summed E-state index contributed by atoms with van der Waals surface area (Å²) < 4.78 is 14.8. The molecule has 0 heteroatoms. The van der Waals surface area contributed by atoms with Gasteiger partial charge in [0.1, 0.15) is 0 Å². The van der Waals surface area contributed by atoms with Crippen molar-refractivity contribution in [3.63, 3.8) is 0 Å². The third-order valence-electron chi connectivity index (χ3n) is 2.01. The summed E-state index contributed by atoms with van der Waals surface area (Å²) in [6.07, 6.45) is -0.417. The van der Waals surface area contributed by atoms with Crippen LogP contribution in [0.3, 0.4) is 0 Å². The molecule has 12 heavy (non-hydrogen) atoms. The minimum absolute atomic E-state index is 0.123. The summed E-state index contributed by atoms with van der Waals surface area (Å²) in [6, 6.07) is 14.0. The molecule has 0 nitrogen and oxygen atoms in total. The molecule has 0 aliphatic heterocycles. The Bertz CT molecular complexity index is 437. The fourth-order valence-corrected chi connectivity index (χ4v) is 1.33. The van der Waals surface area contributed by atoms with Crippen molar-refractivity contribution in [2.75, 3.05) is 0 Å². The molecule has 0 heterocycles. The van der Waals surface area contributed by atoms with E-state index in [2.05, 4.69) is 6.07 Å². The third-order valence-corrected chi connectivity index (χ3v) is 2.01. The van der Waals surface area contributed by atoms with E-state index >= 15 is 0 Å². The summed E-state index contributed by atoms with van der Waals surface area (Å²) in [5.41, 5.74) is 0.929. The van der Waals surface area contributed by atoms with Crippen LogP contribution in [0.25, 0.3) is 10.8 Å². The lowest BCUT2D eigenvalue weighted by Crippen LogP contribution is -1.79. The smallest absolute Gasteiger partial charge is 0.0313 e. The van der Waals surface area contributed by atoms with Crippen LogP contribution in [0.4, 0.5) is 0 Å². The molecular weight excluding hydrogens is 144 g/mol. The summed E-state index contributed by atoms with van der Waals surface area (Å²) in [5.74, 6) is 0. The standard InChI is InChI=1S/C12H12/c1-2-10-7-8-11-5-3-4-6-12(11)9-10/h3-9H,2H2,1H3/i1D,2D. The van der Waals surface area contributed by atoms with E-state index in [1.807, 2.05) is 36.4 Å². The van der Waals surface area contributed by atoms with E-state index in [4.69, 9.17) is 2.74 Å². The average Bonchev–Trinajstić information content (AvgIpc) is 2.27. The predicted molar refractivity (Wildman–Crippen MR) is 53.3 cm³/mol. The van der Waals surface area contributed by atoms with Crippen LogP contribution < -0.4 is 0 Å². The van der Waals surface area contributed by atoms with Crippen molar-refractivity contribution in [3.8, 4) is 0 Å². The van der Waals surface area contributed by atoms with Crippen LogP contribution in [0.5, 0.6) is 0 Å². The Morgan fingerprint density at radius 1 is 1.17 bits per heavy atom. The number of fused-ring (bicyclic) bond motifs is 1. The predicted octanol–water partition coefficient (Wildman–Crippen LogP) is 3.40. The minimum Gasteiger partial charge on any atom is -0.0616 e. The van der Waals surface area contributed by atoms with Gasteiger partial charge >= 0.3 is 0 Å². The van der Waals surface area contributed by atoms with Crippen LogP contribution in [-0.2, 0) is 6.40 Å². The summed E-state index contributed by atoms with van der Waals surface area (Å²) in [4.78, 5) is 0. The number of aryl methyl sites for hydroxylation is 1. The van der Waals surface area contributed by atoms with Gasteiger partial charge in [-0.2, -0.15) is 0 Å². The van der Waals surface area contributed by atoms with Crippen LogP contribution in [0.2, 0.25) is 0 Å². The SMILES string of the molecule is [2H]CC([2H])c1ccc2ccccc2c1. The summed E-state index contributed by atoms with van der Waals surface area (Å²) in [6.45, 7) is 0.123. The van der Waals surface area contributed by atoms with Crippen molar-refractivity contribution in [2.24, 2.45) is 0 Å². The Morgan fingerprint density at radius 2 is 2.00 bits per heavy atom. The maximum absolute atomic E-state index is 7.65. The lowest BCUT2D eigenvalue weighted by molar-refractivity contribution is 1.15. The summed E-state index contributed by atoms with van der Waals surface area (Å²) in [5, 5.41) is 2.34. The van der Waals surface area contributed by atoms with Crippen molar-refractivity contribution in [3.05, 3.63) is 48.0 Å². The van der Waals surface area contributed by atoms with Gasteiger partial charge in [0.15, 0.2) is 0 Å². The Morgan fingerprint density at radius 3 is 2.83 bits per heavy atom. The first-order valence-electron chi connectivity index (χ1n) is 5.30. The molecular formula is C12H12. The van der Waals surface area contributed by atoms with Crippen LogP contribution in [0.15, 0.2) is 42.5 Å². The largest absolute Gasteiger partial charge is 0.0616 e. The molecule has 0 N–H and O–H groups in total. The van der Waals surface area contributed by atoms with Gasteiger partial charge in [-0.3, -0.25) is 0 Å². The molecule has 0 saturated heterocycles. The van der Waals surface area contributed by atoms with E-state index in [9.17, 15) is 0 Å². The Balaban J connectivity index is 2.51. The van der Waals surface area contributed by atoms with Crippen molar-refractivity contribution >= 4 is 10.8 Å². The van der Waals surface area contributed by atoms with Crippen LogP contribution in [0, 0.1) is 0 Å². The molecule has 0 aromatic heterocycles. The third kappa shape index (κ3) is 1.20. The highest BCUT2D eigenvalue weighted by Gasteiger charge is 1.92. The van der Waals surface area contributed by atoms with E-state index in [1.54, 1.807) is 0 Å². The first-order chi connectivity index (χ1) is 6.81. The maximum Gasteiger partial charge on any atom is 0.0313 e. The normalized spacial score (nSPS) is 15.3. The lowest BCUT2D eigenvalue weighted by Gasteiger charge is -1.99. The Hall–Kier alpha value is -1.30. The molecule has 0 fully saturated rings. The Kier molecular flexibility index (Phi) is 1.33. The topological polar surface area (TPSA) is 0 Å². The van der Waals surface area contributed by atoms with Gasteiger partial charge < -0.3 is 0 Å². The lowest BCUT2D eigenvalue weighted by atomic mass is 10.1. The molecule has 1 atom stereocenters. The van der Waals surface area contributed by atoms with Gasteiger partial charge in [-0.15, -0.1) is 0 Å². The molecule has 60 valence electrons. The molecule has 0 amide bonds. The van der Waals surface area contributed by atoms with E-state index in [-0.39, 0.29) is 6.90 Å². The van der Waals surface area contributed by atoms with Gasteiger partial charge in [-0.1, -0.05) is 49.4 Å². The van der Waals surface area contributed by atoms with Gasteiger partial charge in [0, 0.05) is 2.74 Å². The molecule has 2 rings (SSSR count). The number of rotatable bonds is 1. The zero-order valence-corrected chi connectivity index (χ0v) is 6.83. The zero-order valence-electron chi connectivity index (χ0n) is 8.83. The highest BCUT2D eigenvalue weighted by atomic mass is 14.0. The monoisotopic (exact) mass is 158 g/mol. The number of hydrogen-bond acceptors (Lipinski definition) is 0. The van der Waals surface area contributed by atoms with E-state index in [0.717, 1.165) is 10.9 Å². The quantitative estimate of drug-likeness (QED) is 0.596. The zero-order chi connectivity index (χ0) is 9.97. The van der Waals surface area contributed by atoms with Gasteiger partial charge in [-0.25, -0.2) is 0 Å². The molecule has 1 unspecified atom stereocenters. The molecule has 0 aliphatic rings. The van der Waals surface area contributed by atoms with Gasteiger partial charge in [0.25, 0.3) is 0 Å². The molecule has 0 bridgehead atoms. The second-order valence-corrected chi connectivity index (χ2v) is 2.81. The highest BCUT2D eigenvalue weighted by Crippen LogP contribution is 2.15. The van der Waals surface area contributed by atoms with Crippen molar-refractivity contribution < 1.29 is 2.74 Å². The molecule has 2 aromatic carbocycles. The van der Waals surface area contributed by atoms with Gasteiger partial charge in [-0.05, 0) is 22.7 Å². The van der Waals surface area contributed by atoms with Crippen LogP contribution in [-0.4, -0.2) is 0 Å². The first-order valence-corrected chi connectivity index (χ1v) is 4.01. The fourth-order valence-electron chi connectivity index (χ4n) is 1.33. The van der Waals surface area contributed by atoms with Crippen LogP contribution in [0.1, 0.15) is 15.2 Å². The van der Waals surface area contributed by atoms with Crippen molar-refractivity contribution in [2.45, 2.75) is 13.3 Å². The molecule has 0 saturated carbocycles. The van der Waals surface area contributed by atoms with Gasteiger partial charge in [0.2, 0.25) is 0 Å². The van der Waals surface area contributed by atoms with E-state index in [1.165, 1.54) is 5.39 Å². The fraction of sp³-hybridized carbons (Fsp3) is 0.167. The number of benzene rings is 2.